The van der Waals surface area contributed by atoms with Gasteiger partial charge in [0.15, 0.2) is 4.96 Å². The van der Waals surface area contributed by atoms with Crippen molar-refractivity contribution < 1.29 is 0 Å². The number of hydrogen-bond acceptors (Lipinski definition) is 3. The second-order valence-corrected chi connectivity index (χ2v) is 6.54. The van der Waals surface area contributed by atoms with Crippen LogP contribution in [0.2, 0.25) is 10.0 Å². The summed E-state index contributed by atoms with van der Waals surface area (Å²) in [6.07, 6.45) is 2.69. The number of hydrogen-bond donors (Lipinski definition) is 1. The summed E-state index contributed by atoms with van der Waals surface area (Å²) in [6.45, 7) is 2.69. The molecule has 0 aliphatic heterocycles. The highest BCUT2D eigenvalue weighted by Gasteiger charge is 2.16. The molecule has 0 saturated heterocycles. The van der Waals surface area contributed by atoms with Gasteiger partial charge < -0.3 is 5.73 Å². The highest BCUT2D eigenvalue weighted by atomic mass is 35.5. The van der Waals surface area contributed by atoms with Crippen LogP contribution in [0.25, 0.3) is 16.2 Å². The first kappa shape index (κ1) is 13.9. The molecule has 0 unspecified atom stereocenters. The Morgan fingerprint density at radius 3 is 2.80 bits per heavy atom. The van der Waals surface area contributed by atoms with E-state index in [0.717, 1.165) is 28.3 Å². The molecule has 0 aliphatic rings. The van der Waals surface area contributed by atoms with Crippen molar-refractivity contribution in [1.82, 2.24) is 9.38 Å². The van der Waals surface area contributed by atoms with Gasteiger partial charge in [0.1, 0.15) is 0 Å². The minimum Gasteiger partial charge on any atom is -0.330 e. The maximum Gasteiger partial charge on any atom is 0.194 e. The Bertz CT molecular complexity index is 776. The van der Waals surface area contributed by atoms with Gasteiger partial charge in [-0.1, -0.05) is 29.3 Å². The summed E-state index contributed by atoms with van der Waals surface area (Å²) in [4.78, 5) is 6.63. The Labute approximate surface area is 131 Å². The molecule has 3 aromatic rings. The standard InChI is InChI=1S/C14H13Cl2N3S/c1-8-13(9-2-3-11(15)12(16)6-9)19-10(4-5-17)7-18-14(19)20-8/h2-3,6-7H,4-5,17H2,1H3. The van der Waals surface area contributed by atoms with E-state index < -0.39 is 0 Å². The molecule has 0 fully saturated rings. The molecule has 0 bridgehead atoms. The zero-order chi connectivity index (χ0) is 14.3. The van der Waals surface area contributed by atoms with Crippen molar-refractivity contribution in [3.05, 3.63) is 45.0 Å². The third-order valence-corrected chi connectivity index (χ3v) is 4.91. The third kappa shape index (κ3) is 2.23. The average molecular weight is 326 g/mol. The lowest BCUT2D eigenvalue weighted by Crippen LogP contribution is -2.05. The summed E-state index contributed by atoms with van der Waals surface area (Å²) < 4.78 is 2.16. The Balaban J connectivity index is 2.25. The number of nitrogens with two attached hydrogens (primary N) is 1. The molecule has 20 heavy (non-hydrogen) atoms. The molecule has 0 saturated carbocycles. The Kier molecular flexibility index (Phi) is 3.73. The lowest BCUT2D eigenvalue weighted by molar-refractivity contribution is 0.910. The Hall–Kier alpha value is -1.07. The van der Waals surface area contributed by atoms with Gasteiger partial charge in [-0.2, -0.15) is 0 Å². The lowest BCUT2D eigenvalue weighted by Gasteiger charge is -2.06. The first-order chi connectivity index (χ1) is 9.61. The molecule has 0 amide bonds. The minimum absolute atomic E-state index is 0.559. The Morgan fingerprint density at radius 1 is 1.30 bits per heavy atom. The van der Waals surface area contributed by atoms with E-state index in [1.54, 1.807) is 11.3 Å². The number of halogens is 2. The van der Waals surface area contributed by atoms with Crippen LogP contribution in [0.5, 0.6) is 0 Å². The topological polar surface area (TPSA) is 43.3 Å². The normalized spacial score (nSPS) is 11.4. The summed E-state index contributed by atoms with van der Waals surface area (Å²) in [5.74, 6) is 0. The van der Waals surface area contributed by atoms with Crippen molar-refractivity contribution >= 4 is 39.5 Å². The van der Waals surface area contributed by atoms with E-state index in [9.17, 15) is 0 Å². The van der Waals surface area contributed by atoms with Gasteiger partial charge in [-0.3, -0.25) is 4.40 Å². The van der Waals surface area contributed by atoms with E-state index in [1.165, 1.54) is 4.88 Å². The van der Waals surface area contributed by atoms with Crippen LogP contribution in [0.1, 0.15) is 10.6 Å². The smallest absolute Gasteiger partial charge is 0.194 e. The molecule has 2 aromatic heterocycles. The van der Waals surface area contributed by atoms with E-state index >= 15 is 0 Å². The second kappa shape index (κ2) is 5.37. The van der Waals surface area contributed by atoms with Crippen LogP contribution in [0.4, 0.5) is 0 Å². The molecule has 2 N–H and O–H groups in total. The van der Waals surface area contributed by atoms with Crippen LogP contribution in [0, 0.1) is 6.92 Å². The van der Waals surface area contributed by atoms with Crippen LogP contribution in [-0.4, -0.2) is 15.9 Å². The fourth-order valence-electron chi connectivity index (χ4n) is 2.32. The number of thiazole rings is 1. The number of nitrogens with zero attached hydrogens (tertiary/aromatic N) is 2. The van der Waals surface area contributed by atoms with E-state index in [0.29, 0.717) is 16.6 Å². The summed E-state index contributed by atoms with van der Waals surface area (Å²) in [5.41, 5.74) is 8.95. The lowest BCUT2D eigenvalue weighted by atomic mass is 10.1. The van der Waals surface area contributed by atoms with Gasteiger partial charge in [-0.25, -0.2) is 4.98 Å². The molecule has 6 heteroatoms. The summed E-state index contributed by atoms with van der Waals surface area (Å²) in [7, 11) is 0. The van der Waals surface area contributed by atoms with Gasteiger partial charge in [0.2, 0.25) is 0 Å². The molecular weight excluding hydrogens is 313 g/mol. The quantitative estimate of drug-likeness (QED) is 0.785. The molecule has 0 radical (unpaired) electrons. The second-order valence-electron chi connectivity index (χ2n) is 4.54. The van der Waals surface area contributed by atoms with Crippen LogP contribution >= 0.6 is 34.5 Å². The van der Waals surface area contributed by atoms with Crippen LogP contribution in [0.15, 0.2) is 24.4 Å². The summed E-state index contributed by atoms with van der Waals surface area (Å²) in [5, 5.41) is 1.12. The van der Waals surface area contributed by atoms with Gasteiger partial charge >= 0.3 is 0 Å². The van der Waals surface area contributed by atoms with Gasteiger partial charge in [-0.15, -0.1) is 11.3 Å². The van der Waals surface area contributed by atoms with Crippen molar-refractivity contribution in [3.63, 3.8) is 0 Å². The third-order valence-electron chi connectivity index (χ3n) is 3.20. The SMILES string of the molecule is Cc1sc2ncc(CCN)n2c1-c1ccc(Cl)c(Cl)c1. The molecule has 0 spiro atoms. The molecule has 104 valence electrons. The van der Waals surface area contributed by atoms with E-state index in [2.05, 4.69) is 16.3 Å². The molecule has 1 aromatic carbocycles. The van der Waals surface area contributed by atoms with Crippen molar-refractivity contribution in [2.75, 3.05) is 6.54 Å². The monoisotopic (exact) mass is 325 g/mol. The first-order valence-corrected chi connectivity index (χ1v) is 7.80. The summed E-state index contributed by atoms with van der Waals surface area (Å²) >= 11 is 13.8. The predicted molar refractivity (Wildman–Crippen MR) is 86.0 cm³/mol. The van der Waals surface area contributed by atoms with Crippen molar-refractivity contribution in [2.24, 2.45) is 5.73 Å². The Morgan fingerprint density at radius 2 is 2.10 bits per heavy atom. The molecular formula is C14H13Cl2N3S. The maximum atomic E-state index is 6.14. The number of aromatic nitrogens is 2. The number of rotatable bonds is 3. The fraction of sp³-hybridized carbons (Fsp3) is 0.214. The van der Waals surface area contributed by atoms with Crippen LogP contribution in [0.3, 0.4) is 0 Å². The molecule has 0 atom stereocenters. The largest absolute Gasteiger partial charge is 0.330 e. The zero-order valence-corrected chi connectivity index (χ0v) is 13.2. The average Bonchev–Trinajstić information content (AvgIpc) is 2.93. The van der Waals surface area contributed by atoms with Crippen molar-refractivity contribution in [2.45, 2.75) is 13.3 Å². The minimum atomic E-state index is 0.559. The molecule has 0 aliphatic carbocycles. The van der Waals surface area contributed by atoms with Crippen molar-refractivity contribution in [1.29, 1.82) is 0 Å². The molecule has 3 rings (SSSR count). The summed E-state index contributed by atoms with van der Waals surface area (Å²) in [6, 6.07) is 5.70. The van der Waals surface area contributed by atoms with Gasteiger partial charge in [-0.05, 0) is 25.6 Å². The van der Waals surface area contributed by atoms with E-state index in [1.807, 2.05) is 24.4 Å². The first-order valence-electron chi connectivity index (χ1n) is 6.23. The molecule has 2 heterocycles. The maximum absolute atomic E-state index is 6.14. The van der Waals surface area contributed by atoms with Crippen molar-refractivity contribution in [3.8, 4) is 11.3 Å². The predicted octanol–water partition coefficient (Wildman–Crippen LogP) is 4.18. The highest BCUT2D eigenvalue weighted by Crippen LogP contribution is 2.35. The number of fused-ring (bicyclic) bond motifs is 1. The zero-order valence-electron chi connectivity index (χ0n) is 10.9. The molecule has 3 nitrogen and oxygen atoms in total. The van der Waals surface area contributed by atoms with E-state index in [-0.39, 0.29) is 0 Å². The van der Waals surface area contributed by atoms with Crippen LogP contribution < -0.4 is 5.73 Å². The number of benzene rings is 1. The van der Waals surface area contributed by atoms with Gasteiger partial charge in [0, 0.05) is 22.6 Å². The number of aryl methyl sites for hydroxylation is 1. The van der Waals surface area contributed by atoms with Gasteiger partial charge in [0.05, 0.1) is 21.9 Å². The highest BCUT2D eigenvalue weighted by molar-refractivity contribution is 7.17. The fourth-order valence-corrected chi connectivity index (χ4v) is 3.61. The van der Waals surface area contributed by atoms with E-state index in [4.69, 9.17) is 28.9 Å². The van der Waals surface area contributed by atoms with Crippen LogP contribution in [-0.2, 0) is 6.42 Å². The van der Waals surface area contributed by atoms with Gasteiger partial charge in [0.25, 0.3) is 0 Å². The number of imidazole rings is 1.